The van der Waals surface area contributed by atoms with Gasteiger partial charge in [-0.05, 0) is 42.9 Å². The van der Waals surface area contributed by atoms with Crippen molar-refractivity contribution in [2.45, 2.75) is 66.2 Å². The molecule has 3 unspecified atom stereocenters. The maximum absolute atomic E-state index is 2.50. The Morgan fingerprint density at radius 2 is 2.08 bits per heavy atom. The van der Waals surface area contributed by atoms with Crippen molar-refractivity contribution in [1.29, 1.82) is 0 Å². The molecule has 1 aliphatic rings. The topological polar surface area (TPSA) is 0 Å². The fourth-order valence-electron chi connectivity index (χ4n) is 3.02. The second-order valence-corrected chi connectivity index (χ2v) is 5.45. The van der Waals surface area contributed by atoms with E-state index in [0.29, 0.717) is 5.41 Å². The van der Waals surface area contributed by atoms with Crippen LogP contribution in [0.1, 0.15) is 66.2 Å². The van der Waals surface area contributed by atoms with E-state index in [0.717, 1.165) is 11.8 Å². The van der Waals surface area contributed by atoms with Gasteiger partial charge in [-0.2, -0.15) is 0 Å². The highest BCUT2D eigenvalue weighted by molar-refractivity contribution is 4.86. The molecule has 0 radical (unpaired) electrons. The fourth-order valence-corrected chi connectivity index (χ4v) is 3.02. The molecule has 1 rings (SSSR count). The zero-order chi connectivity index (χ0) is 9.90. The van der Waals surface area contributed by atoms with Crippen LogP contribution in [0.3, 0.4) is 0 Å². The molecule has 78 valence electrons. The third kappa shape index (κ3) is 2.72. The Labute approximate surface area is 84.1 Å². The van der Waals surface area contributed by atoms with Crippen LogP contribution in [0, 0.1) is 17.3 Å². The Bertz CT molecular complexity index is 150. The van der Waals surface area contributed by atoms with Crippen molar-refractivity contribution in [2.24, 2.45) is 17.3 Å². The molecule has 0 N–H and O–H groups in total. The first-order valence-electron chi connectivity index (χ1n) is 6.11. The van der Waals surface area contributed by atoms with E-state index in [1.54, 1.807) is 0 Å². The Morgan fingerprint density at radius 1 is 1.38 bits per heavy atom. The second kappa shape index (κ2) is 4.48. The normalized spacial score (nSPS) is 36.5. The number of hydrogen-bond donors (Lipinski definition) is 0. The van der Waals surface area contributed by atoms with Gasteiger partial charge in [0.1, 0.15) is 0 Å². The summed E-state index contributed by atoms with van der Waals surface area (Å²) in [4.78, 5) is 0. The minimum atomic E-state index is 0.697. The van der Waals surface area contributed by atoms with Crippen molar-refractivity contribution in [3.8, 4) is 0 Å². The van der Waals surface area contributed by atoms with Gasteiger partial charge in [0.15, 0.2) is 0 Å². The standard InChI is InChI=1S/C13H26/c1-5-8-13(4)9-7-12(10-13)11(3)6-2/h11-12H,5-10H2,1-4H3. The van der Waals surface area contributed by atoms with Crippen LogP contribution in [-0.4, -0.2) is 0 Å². The predicted molar refractivity (Wildman–Crippen MR) is 59.8 cm³/mol. The van der Waals surface area contributed by atoms with E-state index in [1.165, 1.54) is 38.5 Å². The van der Waals surface area contributed by atoms with Crippen LogP contribution in [0.15, 0.2) is 0 Å². The summed E-state index contributed by atoms with van der Waals surface area (Å²) in [5, 5.41) is 0. The van der Waals surface area contributed by atoms with Crippen LogP contribution >= 0.6 is 0 Å². The van der Waals surface area contributed by atoms with E-state index in [9.17, 15) is 0 Å². The first-order valence-corrected chi connectivity index (χ1v) is 6.11. The van der Waals surface area contributed by atoms with Gasteiger partial charge < -0.3 is 0 Å². The van der Waals surface area contributed by atoms with Gasteiger partial charge in [-0.3, -0.25) is 0 Å². The number of rotatable bonds is 4. The molecule has 0 spiro atoms. The molecule has 0 heteroatoms. The molecule has 0 saturated heterocycles. The van der Waals surface area contributed by atoms with Gasteiger partial charge in [0.25, 0.3) is 0 Å². The molecule has 0 nitrogen and oxygen atoms in total. The summed E-state index contributed by atoms with van der Waals surface area (Å²) in [5.41, 5.74) is 0.697. The highest BCUT2D eigenvalue weighted by atomic mass is 14.4. The minimum absolute atomic E-state index is 0.697. The van der Waals surface area contributed by atoms with Gasteiger partial charge in [0.2, 0.25) is 0 Å². The smallest absolute Gasteiger partial charge is 0.0323 e. The molecule has 0 aromatic rings. The van der Waals surface area contributed by atoms with Crippen LogP contribution < -0.4 is 0 Å². The summed E-state index contributed by atoms with van der Waals surface area (Å²) >= 11 is 0. The Morgan fingerprint density at radius 3 is 2.62 bits per heavy atom. The molecule has 3 atom stereocenters. The summed E-state index contributed by atoms with van der Waals surface area (Å²) in [6.45, 7) is 9.59. The van der Waals surface area contributed by atoms with Crippen LogP contribution in [-0.2, 0) is 0 Å². The van der Waals surface area contributed by atoms with Crippen molar-refractivity contribution < 1.29 is 0 Å². The first kappa shape index (κ1) is 11.1. The summed E-state index contributed by atoms with van der Waals surface area (Å²) in [7, 11) is 0. The van der Waals surface area contributed by atoms with Gasteiger partial charge in [0.05, 0.1) is 0 Å². The molecule has 0 bridgehead atoms. The summed E-state index contributed by atoms with van der Waals surface area (Å²) in [6, 6.07) is 0. The molecule has 13 heavy (non-hydrogen) atoms. The van der Waals surface area contributed by atoms with Crippen LogP contribution in [0.5, 0.6) is 0 Å². The van der Waals surface area contributed by atoms with Gasteiger partial charge in [-0.1, -0.05) is 40.5 Å². The van der Waals surface area contributed by atoms with Crippen molar-refractivity contribution >= 4 is 0 Å². The van der Waals surface area contributed by atoms with Gasteiger partial charge in [-0.15, -0.1) is 0 Å². The third-order valence-electron chi connectivity index (χ3n) is 4.18. The molecule has 1 saturated carbocycles. The molecule has 0 aromatic carbocycles. The summed E-state index contributed by atoms with van der Waals surface area (Å²) in [6.07, 6.45) is 8.65. The quantitative estimate of drug-likeness (QED) is 0.594. The van der Waals surface area contributed by atoms with Gasteiger partial charge >= 0.3 is 0 Å². The van der Waals surface area contributed by atoms with Crippen molar-refractivity contribution in [3.63, 3.8) is 0 Å². The van der Waals surface area contributed by atoms with E-state index in [-0.39, 0.29) is 0 Å². The predicted octanol–water partition coefficient (Wildman–Crippen LogP) is 4.64. The van der Waals surface area contributed by atoms with Crippen molar-refractivity contribution in [3.05, 3.63) is 0 Å². The maximum atomic E-state index is 2.50. The molecule has 1 aliphatic carbocycles. The lowest BCUT2D eigenvalue weighted by atomic mass is 9.81. The Balaban J connectivity index is 2.43. The van der Waals surface area contributed by atoms with E-state index in [4.69, 9.17) is 0 Å². The highest BCUT2D eigenvalue weighted by Gasteiger charge is 2.35. The lowest BCUT2D eigenvalue weighted by molar-refractivity contribution is 0.264. The zero-order valence-electron chi connectivity index (χ0n) is 9.90. The van der Waals surface area contributed by atoms with E-state index < -0.39 is 0 Å². The largest absolute Gasteiger partial charge is 0.0654 e. The van der Waals surface area contributed by atoms with Crippen LogP contribution in [0.2, 0.25) is 0 Å². The fraction of sp³-hybridized carbons (Fsp3) is 1.00. The zero-order valence-corrected chi connectivity index (χ0v) is 9.90. The average molecular weight is 182 g/mol. The molecule has 0 aliphatic heterocycles. The van der Waals surface area contributed by atoms with Crippen LogP contribution in [0.25, 0.3) is 0 Å². The highest BCUT2D eigenvalue weighted by Crippen LogP contribution is 2.47. The molecule has 0 amide bonds. The second-order valence-electron chi connectivity index (χ2n) is 5.45. The Kier molecular flexibility index (Phi) is 3.82. The Hall–Kier alpha value is 0. The SMILES string of the molecule is CCCC1(C)CCC(C(C)CC)C1. The molecular formula is C13H26. The minimum Gasteiger partial charge on any atom is -0.0654 e. The summed E-state index contributed by atoms with van der Waals surface area (Å²) in [5.74, 6) is 1.99. The lowest BCUT2D eigenvalue weighted by Gasteiger charge is -2.25. The maximum Gasteiger partial charge on any atom is -0.0323 e. The molecular weight excluding hydrogens is 156 g/mol. The van der Waals surface area contributed by atoms with Crippen molar-refractivity contribution in [1.82, 2.24) is 0 Å². The van der Waals surface area contributed by atoms with E-state index >= 15 is 0 Å². The van der Waals surface area contributed by atoms with Gasteiger partial charge in [0, 0.05) is 0 Å². The number of hydrogen-bond acceptors (Lipinski definition) is 0. The lowest BCUT2D eigenvalue weighted by Crippen LogP contribution is -2.13. The molecule has 1 fully saturated rings. The molecule has 0 aromatic heterocycles. The third-order valence-corrected chi connectivity index (χ3v) is 4.18. The van der Waals surface area contributed by atoms with E-state index in [1.807, 2.05) is 0 Å². The first-order chi connectivity index (χ1) is 6.11. The monoisotopic (exact) mass is 182 g/mol. The average Bonchev–Trinajstić information content (AvgIpc) is 2.47. The molecule has 0 heterocycles. The van der Waals surface area contributed by atoms with E-state index in [2.05, 4.69) is 27.7 Å². The van der Waals surface area contributed by atoms with Crippen molar-refractivity contribution in [2.75, 3.05) is 0 Å². The van der Waals surface area contributed by atoms with Crippen LogP contribution in [0.4, 0.5) is 0 Å². The summed E-state index contributed by atoms with van der Waals surface area (Å²) < 4.78 is 0. The van der Waals surface area contributed by atoms with Gasteiger partial charge in [-0.25, -0.2) is 0 Å².